The van der Waals surface area contributed by atoms with Gasteiger partial charge in [0.15, 0.2) is 0 Å². The van der Waals surface area contributed by atoms with Gasteiger partial charge in [0.25, 0.3) is 11.8 Å². The van der Waals surface area contributed by atoms with Gasteiger partial charge in [-0.2, -0.15) is 0 Å². The molecule has 0 saturated heterocycles. The molecule has 1 heterocycles. The van der Waals surface area contributed by atoms with Crippen LogP contribution in [0.1, 0.15) is 33.4 Å². The van der Waals surface area contributed by atoms with E-state index in [0.29, 0.717) is 11.3 Å². The van der Waals surface area contributed by atoms with Crippen molar-refractivity contribution in [3.63, 3.8) is 0 Å². The lowest BCUT2D eigenvalue weighted by molar-refractivity contribution is -0.137. The van der Waals surface area contributed by atoms with Crippen molar-refractivity contribution in [1.29, 1.82) is 0 Å². The number of aryl methyl sites for hydroxylation is 4. The Labute approximate surface area is 183 Å². The summed E-state index contributed by atoms with van der Waals surface area (Å²) in [4.78, 5) is 28.3. The molecule has 1 N–H and O–H groups in total. The van der Waals surface area contributed by atoms with E-state index in [1.54, 1.807) is 0 Å². The summed E-state index contributed by atoms with van der Waals surface area (Å²) in [7, 11) is 0. The van der Waals surface area contributed by atoms with Crippen LogP contribution in [-0.2, 0) is 16.1 Å². The zero-order chi connectivity index (χ0) is 22.1. The van der Waals surface area contributed by atoms with Crippen LogP contribution < -0.4 is 5.32 Å². The van der Waals surface area contributed by atoms with E-state index >= 15 is 0 Å². The molecule has 156 valence electrons. The molecule has 4 nitrogen and oxygen atoms in total. The van der Waals surface area contributed by atoms with Crippen LogP contribution in [0.5, 0.6) is 0 Å². The highest BCUT2D eigenvalue weighted by molar-refractivity contribution is 6.36. The van der Waals surface area contributed by atoms with E-state index in [1.807, 2.05) is 88.4 Å². The van der Waals surface area contributed by atoms with Gasteiger partial charge in [-0.3, -0.25) is 14.5 Å². The quantitative estimate of drug-likeness (QED) is 0.580. The maximum atomic E-state index is 13.5. The Bertz CT molecular complexity index is 1210. The third-order valence-corrected chi connectivity index (χ3v) is 5.64. The maximum absolute atomic E-state index is 13.5. The number of imide groups is 1. The van der Waals surface area contributed by atoms with E-state index in [0.717, 1.165) is 39.1 Å². The second-order valence-corrected chi connectivity index (χ2v) is 8.19. The van der Waals surface area contributed by atoms with E-state index in [9.17, 15) is 9.59 Å². The van der Waals surface area contributed by atoms with Crippen molar-refractivity contribution in [2.24, 2.45) is 0 Å². The van der Waals surface area contributed by atoms with Crippen LogP contribution >= 0.6 is 0 Å². The number of hydrogen-bond donors (Lipinski definition) is 1. The first-order chi connectivity index (χ1) is 14.8. The Morgan fingerprint density at radius 1 is 0.742 bits per heavy atom. The summed E-state index contributed by atoms with van der Waals surface area (Å²) >= 11 is 0. The summed E-state index contributed by atoms with van der Waals surface area (Å²) in [6, 6.07) is 21.5. The highest BCUT2D eigenvalue weighted by Crippen LogP contribution is 2.34. The van der Waals surface area contributed by atoms with E-state index in [1.165, 1.54) is 4.90 Å². The van der Waals surface area contributed by atoms with Crippen molar-refractivity contribution in [2.45, 2.75) is 34.2 Å². The molecule has 3 aromatic rings. The zero-order valence-electron chi connectivity index (χ0n) is 18.3. The average Bonchev–Trinajstić information content (AvgIpc) is 2.95. The van der Waals surface area contributed by atoms with E-state index in [2.05, 4.69) is 11.4 Å². The predicted octanol–water partition coefficient (Wildman–Crippen LogP) is 5.31. The fraction of sp³-hybridized carbons (Fsp3) is 0.185. The molecule has 0 saturated carbocycles. The molecular weight excluding hydrogens is 384 g/mol. The Hall–Kier alpha value is -3.66. The average molecular weight is 411 g/mol. The van der Waals surface area contributed by atoms with Gasteiger partial charge in [-0.1, -0.05) is 71.8 Å². The third kappa shape index (κ3) is 4.02. The Balaban J connectivity index is 1.80. The number of benzene rings is 3. The Morgan fingerprint density at radius 3 is 2.03 bits per heavy atom. The van der Waals surface area contributed by atoms with Crippen LogP contribution in [0.25, 0.3) is 5.57 Å². The third-order valence-electron chi connectivity index (χ3n) is 5.64. The number of rotatable bonds is 5. The van der Waals surface area contributed by atoms with Gasteiger partial charge in [-0.05, 0) is 56.0 Å². The molecule has 0 radical (unpaired) electrons. The van der Waals surface area contributed by atoms with Crippen molar-refractivity contribution in [3.05, 3.63) is 106 Å². The van der Waals surface area contributed by atoms with Crippen molar-refractivity contribution >= 4 is 23.1 Å². The minimum Gasteiger partial charge on any atom is -0.350 e. The van der Waals surface area contributed by atoms with Crippen molar-refractivity contribution in [3.8, 4) is 0 Å². The van der Waals surface area contributed by atoms with Gasteiger partial charge in [0.1, 0.15) is 5.70 Å². The number of carbonyl (C=O) groups excluding carboxylic acids is 2. The van der Waals surface area contributed by atoms with E-state index < -0.39 is 0 Å². The number of hydrogen-bond acceptors (Lipinski definition) is 3. The summed E-state index contributed by atoms with van der Waals surface area (Å²) < 4.78 is 0. The van der Waals surface area contributed by atoms with E-state index in [-0.39, 0.29) is 18.4 Å². The van der Waals surface area contributed by atoms with Crippen molar-refractivity contribution in [1.82, 2.24) is 4.90 Å². The molecule has 0 spiro atoms. The molecule has 0 aromatic heterocycles. The zero-order valence-corrected chi connectivity index (χ0v) is 18.3. The lowest BCUT2D eigenvalue weighted by Gasteiger charge is -2.16. The second-order valence-electron chi connectivity index (χ2n) is 8.19. The number of nitrogens with zero attached hydrogens (tertiary/aromatic N) is 1. The molecule has 1 aliphatic heterocycles. The molecule has 31 heavy (non-hydrogen) atoms. The minimum absolute atomic E-state index is 0.241. The largest absolute Gasteiger partial charge is 0.350 e. The van der Waals surface area contributed by atoms with Crippen LogP contribution in [0.2, 0.25) is 0 Å². The Kier molecular flexibility index (Phi) is 5.47. The molecular formula is C27H26N2O2. The van der Waals surface area contributed by atoms with Crippen LogP contribution in [0.3, 0.4) is 0 Å². The second kappa shape index (κ2) is 8.23. The number of carbonyl (C=O) groups is 2. The first-order valence-electron chi connectivity index (χ1n) is 10.4. The van der Waals surface area contributed by atoms with Gasteiger partial charge >= 0.3 is 0 Å². The standard InChI is InChI=1S/C27H26N2O2/c1-17-10-12-22(19(3)14-17)24-25(28-23-13-11-18(2)15-20(23)4)27(31)29(26(24)30)16-21-8-6-5-7-9-21/h5-15,28H,16H2,1-4H3. The molecule has 4 heteroatoms. The molecule has 0 fully saturated rings. The summed E-state index contributed by atoms with van der Waals surface area (Å²) in [6.07, 6.45) is 0. The molecule has 0 unspecified atom stereocenters. The lowest BCUT2D eigenvalue weighted by atomic mass is 9.97. The normalized spacial score (nSPS) is 13.9. The summed E-state index contributed by atoms with van der Waals surface area (Å²) in [5.74, 6) is -0.572. The van der Waals surface area contributed by atoms with E-state index in [4.69, 9.17) is 0 Å². The highest BCUT2D eigenvalue weighted by Gasteiger charge is 2.39. The summed E-state index contributed by atoms with van der Waals surface area (Å²) in [6.45, 7) is 8.26. The molecule has 3 aromatic carbocycles. The van der Waals surface area contributed by atoms with Gasteiger partial charge in [0.2, 0.25) is 0 Å². The SMILES string of the molecule is Cc1ccc(NC2=C(c3ccc(C)cc3C)C(=O)N(Cc3ccccc3)C2=O)c(C)c1. The fourth-order valence-corrected chi connectivity index (χ4v) is 4.03. The Morgan fingerprint density at radius 2 is 1.39 bits per heavy atom. The van der Waals surface area contributed by atoms with Crippen LogP contribution in [0.15, 0.2) is 72.4 Å². The fourth-order valence-electron chi connectivity index (χ4n) is 4.03. The summed E-state index contributed by atoms with van der Waals surface area (Å²) in [5, 5.41) is 3.29. The van der Waals surface area contributed by atoms with Crippen LogP contribution in [0.4, 0.5) is 5.69 Å². The first kappa shape index (κ1) is 20.6. The van der Waals surface area contributed by atoms with Crippen molar-refractivity contribution < 1.29 is 9.59 Å². The van der Waals surface area contributed by atoms with Crippen molar-refractivity contribution in [2.75, 3.05) is 5.32 Å². The number of amides is 2. The molecule has 4 rings (SSSR count). The van der Waals surface area contributed by atoms with Gasteiger partial charge in [-0.25, -0.2) is 0 Å². The molecule has 0 atom stereocenters. The smallest absolute Gasteiger partial charge is 0.278 e. The predicted molar refractivity (Wildman–Crippen MR) is 124 cm³/mol. The number of nitrogens with one attached hydrogen (secondary N) is 1. The molecule has 0 bridgehead atoms. The van der Waals surface area contributed by atoms with Crippen LogP contribution in [0, 0.1) is 27.7 Å². The van der Waals surface area contributed by atoms with Crippen LogP contribution in [-0.4, -0.2) is 16.7 Å². The molecule has 1 aliphatic rings. The van der Waals surface area contributed by atoms with Gasteiger partial charge in [0, 0.05) is 5.69 Å². The summed E-state index contributed by atoms with van der Waals surface area (Å²) in [5.41, 5.74) is 7.54. The molecule has 0 aliphatic carbocycles. The van der Waals surface area contributed by atoms with Gasteiger partial charge in [0.05, 0.1) is 12.1 Å². The lowest BCUT2D eigenvalue weighted by Crippen LogP contribution is -2.32. The topological polar surface area (TPSA) is 49.4 Å². The van der Waals surface area contributed by atoms with Gasteiger partial charge in [-0.15, -0.1) is 0 Å². The van der Waals surface area contributed by atoms with Gasteiger partial charge < -0.3 is 5.32 Å². The number of anilines is 1. The minimum atomic E-state index is -0.302. The monoisotopic (exact) mass is 410 g/mol. The maximum Gasteiger partial charge on any atom is 0.278 e. The first-order valence-corrected chi connectivity index (χ1v) is 10.4. The highest BCUT2D eigenvalue weighted by atomic mass is 16.2. The molecule has 2 amide bonds.